The van der Waals surface area contributed by atoms with Crippen LogP contribution in [0.5, 0.6) is 0 Å². The summed E-state index contributed by atoms with van der Waals surface area (Å²) in [6.07, 6.45) is 33.8. The fourth-order valence-corrected chi connectivity index (χ4v) is 22.5. The minimum Gasteiger partial charge on any atom is -0.725 e. The molecule has 2 unspecified atom stereocenters. The standard InChI is InChI=1S/C23H22NS.C22H28N.C18H12NS.C17H11NS.C17H10NS.C13H14N.2C12H10N.4Ir/c1-2-8-18(9-3-1)20-14-15-22(24-16-20)21-12-5-4-10-19-11-6-7-13-23(19)25-17-21;1-2-7-18(8-3-1)21-13-14-22(23-16-21)20-12-6-11-19(15-20)17-9-4-5-10-17;1-12-9-10-16(19-11-12)15-7-4-6-14-13-5-2-3-8-17(13)20-18(14)15;2*1-2-10-16-12(6-1)13-7-5-8-14(17(13)19-16)15-9-3-4-11-18-15;1-10-3-6-12(7-4-10)13-8-5-11(2)9-14-13;2*1-10-7-8-12(13-9-10)11-5-3-2-4-6-11;;;;/h4-7,10-11,13-18H,1-3,8-9H2;11-18H,1-10H2;2-6,8-11H,1H3;1-7,9-10H,11H2;1-7,9-11H;3-4,6,9H,5,8H2,1-2H3;2*2-5,7-9H,1H3;;;;/q3*-1;-2;4*-1;;;;+3/i14D,15D,18D;;1D3,9D,10D;2*3D,4D,9D,11D;1D3,2D3,5D;1D3;;;;;. The van der Waals surface area contributed by atoms with Gasteiger partial charge in [0.05, 0.1) is 13.7 Å². The SMILES string of the molecule is C1=C(c2ccc(C3CCCCC3)cn2)[CH-]CC=C1C1CCCC1.Cc1ccc(-c2[c-]cccc2)nc1.[2H]C([2H])([2H])c1ccc(-c2[c-]cccc2)nc1.[2H]C1=C(c2[c-]ccc3c2sc2ccccc23)[N-]C([2H])C([2H])=C1[2H].[2H]C1CC(c2[c-]cc(C([2H])([2H])[2H])cc2)=NC=C1C([2H])([2H])[2H].[2H]c1c(C([2H])([2H])[2H])cnc(-c2[c-]ccc3c2sc2ccccc23)c1[2H].[2H]c1c(C2([2H])CCCCC2)cnc(-c2[c-]cccc3ccccc3sc2)c1[2H].[2H]c1nc(-c2[c-]ccc3c2sc2ccccc23)c([2H])c([2H])c1[2H].[Ir+3].[Ir].[Ir].[Ir]. The maximum Gasteiger partial charge on any atom is 3.00 e. The average molecular weight is 2760 g/mol. The van der Waals surface area contributed by atoms with Gasteiger partial charge in [0.15, 0.2) is 0 Å². The Hall–Kier alpha value is -12.2. The molecule has 16 heteroatoms. The van der Waals surface area contributed by atoms with Gasteiger partial charge in [-0.2, -0.15) is 63.4 Å². The van der Waals surface area contributed by atoms with Crippen LogP contribution in [0.1, 0.15) is 214 Å². The first-order valence-electron chi connectivity index (χ1n) is 62.0. The van der Waals surface area contributed by atoms with E-state index in [2.05, 4.69) is 139 Å². The summed E-state index contributed by atoms with van der Waals surface area (Å²) in [5.74, 6) is 0.781. The average Bonchev–Trinajstić information content (AvgIpc) is 1.61. The van der Waals surface area contributed by atoms with Crippen molar-refractivity contribution in [3.8, 4) is 56.3 Å². The van der Waals surface area contributed by atoms with Crippen LogP contribution in [0.2, 0.25) is 0 Å². The minimum absolute atomic E-state index is 0. The number of aromatic nitrogens is 6. The molecule has 150 heavy (non-hydrogen) atoms. The zero-order valence-corrected chi connectivity index (χ0v) is 94.5. The van der Waals surface area contributed by atoms with Crippen LogP contribution >= 0.6 is 45.3 Å². The van der Waals surface area contributed by atoms with Crippen LogP contribution in [0.4, 0.5) is 0 Å². The Balaban J connectivity index is 0.000000147. The van der Waals surface area contributed by atoms with Crippen LogP contribution in [-0.2, 0) is 80.4 Å². The van der Waals surface area contributed by atoms with E-state index < -0.39 is 46.2 Å². The van der Waals surface area contributed by atoms with Crippen LogP contribution in [-0.4, -0.2) is 42.1 Å². The number of pyridine rings is 6. The molecular formula is C134H117Ir4N8S4-6. The third-order valence-corrected chi connectivity index (χ3v) is 30.1. The molecule has 0 saturated heterocycles. The van der Waals surface area contributed by atoms with Crippen LogP contribution < -0.4 is 0 Å². The zero-order valence-electron chi connectivity index (χ0n) is 108. The Morgan fingerprint density at radius 1 is 0.420 bits per heavy atom. The number of thiophene rings is 3. The molecule has 26 rings (SSSR count). The quantitative estimate of drug-likeness (QED) is 0.120. The van der Waals surface area contributed by atoms with Crippen molar-refractivity contribution in [1.29, 1.82) is 0 Å². The molecule has 0 spiro atoms. The molecule has 10 aromatic heterocycles. The van der Waals surface area contributed by atoms with E-state index in [1.54, 1.807) is 99.6 Å². The number of nitrogens with zero attached hydrogens (tertiary/aromatic N) is 8. The van der Waals surface area contributed by atoms with Crippen molar-refractivity contribution in [2.75, 3.05) is 6.52 Å². The molecule has 10 aromatic carbocycles. The second-order valence-corrected chi connectivity index (χ2v) is 39.5. The van der Waals surface area contributed by atoms with Gasteiger partial charge in [-0.25, -0.2) is 5.70 Å². The summed E-state index contributed by atoms with van der Waals surface area (Å²) in [5.41, 5.74) is 16.1. The number of hydrogen-bond acceptors (Lipinski definition) is 11. The summed E-state index contributed by atoms with van der Waals surface area (Å²) < 4.78 is 208. The van der Waals surface area contributed by atoms with Gasteiger partial charge in [0.25, 0.3) is 0 Å². The summed E-state index contributed by atoms with van der Waals surface area (Å²) in [5, 5.41) is 13.8. The van der Waals surface area contributed by atoms with E-state index >= 15 is 0 Å². The van der Waals surface area contributed by atoms with Gasteiger partial charge >= 0.3 is 20.1 Å². The zero-order chi connectivity index (χ0) is 122. The van der Waals surface area contributed by atoms with E-state index in [1.807, 2.05) is 182 Å². The molecule has 0 N–H and O–H groups in total. The van der Waals surface area contributed by atoms with Crippen molar-refractivity contribution in [2.45, 2.75) is 155 Å². The Morgan fingerprint density at radius 3 is 1.56 bits per heavy atom. The first kappa shape index (κ1) is 81.6. The molecule has 3 radical (unpaired) electrons. The molecule has 20 aromatic rings. The van der Waals surface area contributed by atoms with Gasteiger partial charge in [-0.3, -0.25) is 0 Å². The second kappa shape index (κ2) is 56.8. The normalized spacial score (nSPS) is 18.3. The Bertz CT molecular complexity index is 9450. The predicted octanol–water partition coefficient (Wildman–Crippen LogP) is 37.4. The minimum atomic E-state index is -2.45. The van der Waals surface area contributed by atoms with Gasteiger partial charge in [0, 0.05) is 144 Å². The second-order valence-electron chi connectivity index (χ2n) is 35.4. The summed E-state index contributed by atoms with van der Waals surface area (Å²) in [6, 6.07) is 101. The fourth-order valence-electron chi connectivity index (χ4n) is 18.1. The van der Waals surface area contributed by atoms with Crippen molar-refractivity contribution in [3.05, 3.63) is 492 Å². The molecule has 0 amide bonds. The summed E-state index contributed by atoms with van der Waals surface area (Å²) in [7, 11) is 0. The summed E-state index contributed by atoms with van der Waals surface area (Å²) >= 11 is 6.33. The van der Waals surface area contributed by atoms with Crippen molar-refractivity contribution in [1.82, 2.24) is 29.9 Å². The van der Waals surface area contributed by atoms with Crippen LogP contribution in [0, 0.1) is 82.3 Å². The third-order valence-electron chi connectivity index (χ3n) is 25.5. The van der Waals surface area contributed by atoms with Gasteiger partial charge in [0.2, 0.25) is 0 Å². The number of hydrogen-bond donors (Lipinski definition) is 0. The predicted molar refractivity (Wildman–Crippen MR) is 621 cm³/mol. The Kier molecular flexibility index (Phi) is 30.9. The van der Waals surface area contributed by atoms with Gasteiger partial charge in [-0.1, -0.05) is 249 Å². The van der Waals surface area contributed by atoms with Crippen molar-refractivity contribution in [3.63, 3.8) is 0 Å². The maximum absolute atomic E-state index is 8.79. The van der Waals surface area contributed by atoms with E-state index in [9.17, 15) is 0 Å². The maximum atomic E-state index is 8.79. The monoisotopic (exact) mass is 2760 g/mol. The molecule has 4 aliphatic carbocycles. The third kappa shape index (κ3) is 29.6. The molecule has 759 valence electrons. The molecule has 2 aliphatic heterocycles. The van der Waals surface area contributed by atoms with Gasteiger partial charge < -0.3 is 40.2 Å². The van der Waals surface area contributed by atoms with Crippen LogP contribution in [0.25, 0.3) is 143 Å². The molecule has 0 bridgehead atoms. The summed E-state index contributed by atoms with van der Waals surface area (Å²) in [4.78, 5) is 30.1. The first-order valence-corrected chi connectivity index (χ1v) is 52.2. The van der Waals surface area contributed by atoms with Crippen LogP contribution in [0.3, 0.4) is 0 Å². The molecular weight excluding hydrogens is 2620 g/mol. The molecule has 3 fully saturated rings. The van der Waals surface area contributed by atoms with Gasteiger partial charge in [0.1, 0.15) is 0 Å². The van der Waals surface area contributed by atoms with Crippen molar-refractivity contribution in [2.24, 2.45) is 10.9 Å². The Morgan fingerprint density at radius 2 is 0.953 bits per heavy atom. The van der Waals surface area contributed by atoms with Crippen molar-refractivity contribution >= 4 is 133 Å². The number of fused-ring (bicyclic) bond motifs is 10. The fraction of sp³-hybridized carbons (Fsp3) is 0.194. The van der Waals surface area contributed by atoms with E-state index in [4.69, 9.17) is 40.6 Å². The number of aliphatic imine (C=N–C) groups is 1. The van der Waals surface area contributed by atoms with E-state index in [-0.39, 0.29) is 193 Å². The van der Waals surface area contributed by atoms with Crippen LogP contribution in [0.15, 0.2) is 392 Å². The number of allylic oxidation sites excluding steroid dienone is 7. The van der Waals surface area contributed by atoms with E-state index in [0.717, 1.165) is 149 Å². The molecule has 12 heterocycles. The van der Waals surface area contributed by atoms with Gasteiger partial charge in [-0.05, 0) is 230 Å². The van der Waals surface area contributed by atoms with Crippen molar-refractivity contribution < 1.29 is 116 Å². The molecule has 8 nitrogen and oxygen atoms in total. The van der Waals surface area contributed by atoms with Gasteiger partial charge in [-0.15, -0.1) is 233 Å². The molecule has 6 aliphatic rings. The molecule has 2 atom stereocenters. The topological polar surface area (TPSA) is 104 Å². The summed E-state index contributed by atoms with van der Waals surface area (Å²) in [6.45, 7) is -8.15. The number of aryl methyl sites for hydroxylation is 4. The first-order chi connectivity index (χ1) is 82.5. The van der Waals surface area contributed by atoms with E-state index in [0.29, 0.717) is 44.8 Å². The Labute approximate surface area is 991 Å². The number of benzene rings is 10. The number of rotatable bonds is 11. The molecule has 3 saturated carbocycles. The van der Waals surface area contributed by atoms with E-state index in [1.165, 1.54) is 105 Å². The smallest absolute Gasteiger partial charge is 0.725 e. The largest absolute Gasteiger partial charge is 3.00 e.